The molecule has 0 bridgehead atoms. The zero-order chi connectivity index (χ0) is 12.5. The summed E-state index contributed by atoms with van der Waals surface area (Å²) in [7, 11) is 3.91. The monoisotopic (exact) mass is 239 g/mol. The molecule has 0 radical (unpaired) electrons. The molecule has 2 N–H and O–H groups in total. The number of nitrogens with zero attached hydrogens (tertiary/aromatic N) is 1. The maximum absolute atomic E-state index is 12.0. The van der Waals surface area contributed by atoms with Crippen LogP contribution in [-0.4, -0.2) is 49.9 Å². The third-order valence-electron chi connectivity index (χ3n) is 3.38. The van der Waals surface area contributed by atoms with Gasteiger partial charge in [0, 0.05) is 19.1 Å². The van der Waals surface area contributed by atoms with E-state index in [9.17, 15) is 9.59 Å². The van der Waals surface area contributed by atoms with Crippen molar-refractivity contribution < 1.29 is 9.59 Å². The lowest BCUT2D eigenvalue weighted by Gasteiger charge is -2.16. The van der Waals surface area contributed by atoms with Crippen molar-refractivity contribution in [1.29, 1.82) is 0 Å². The van der Waals surface area contributed by atoms with E-state index in [2.05, 4.69) is 10.6 Å². The number of carbonyl (C=O) groups is 2. The molecule has 0 aromatic rings. The Kier molecular flexibility index (Phi) is 3.38. The van der Waals surface area contributed by atoms with Crippen LogP contribution in [-0.2, 0) is 9.59 Å². The van der Waals surface area contributed by atoms with Crippen molar-refractivity contribution in [2.75, 3.05) is 27.2 Å². The SMILES string of the molecule is CN(C)CCNC(=O)C1(C(=O)NC2CC2)CC1. The molecule has 2 aliphatic rings. The van der Waals surface area contributed by atoms with Crippen LogP contribution in [0.3, 0.4) is 0 Å². The van der Waals surface area contributed by atoms with Gasteiger partial charge in [-0.05, 0) is 39.8 Å². The van der Waals surface area contributed by atoms with Crippen LogP contribution >= 0.6 is 0 Å². The average molecular weight is 239 g/mol. The second-order valence-electron chi connectivity index (χ2n) is 5.39. The van der Waals surface area contributed by atoms with Crippen LogP contribution < -0.4 is 10.6 Å². The molecule has 2 rings (SSSR count). The van der Waals surface area contributed by atoms with Crippen LogP contribution in [0.5, 0.6) is 0 Å². The van der Waals surface area contributed by atoms with Crippen molar-refractivity contribution in [3.05, 3.63) is 0 Å². The van der Waals surface area contributed by atoms with Crippen LogP contribution in [0.15, 0.2) is 0 Å². The van der Waals surface area contributed by atoms with Gasteiger partial charge in [-0.3, -0.25) is 9.59 Å². The molecule has 0 aromatic heterocycles. The van der Waals surface area contributed by atoms with E-state index in [1.165, 1.54) is 0 Å². The molecule has 0 heterocycles. The smallest absolute Gasteiger partial charge is 0.235 e. The summed E-state index contributed by atoms with van der Waals surface area (Å²) in [6, 6.07) is 0.328. The van der Waals surface area contributed by atoms with E-state index >= 15 is 0 Å². The van der Waals surface area contributed by atoms with Gasteiger partial charge in [-0.15, -0.1) is 0 Å². The molecule has 0 unspecified atom stereocenters. The molecule has 0 spiro atoms. The number of rotatable bonds is 6. The average Bonchev–Trinajstić information content (AvgIpc) is 3.12. The highest BCUT2D eigenvalue weighted by Gasteiger charge is 2.57. The minimum absolute atomic E-state index is 0.0673. The molecular formula is C12H21N3O2. The van der Waals surface area contributed by atoms with Gasteiger partial charge in [-0.1, -0.05) is 0 Å². The Morgan fingerprint density at radius 2 is 1.88 bits per heavy atom. The molecule has 5 nitrogen and oxygen atoms in total. The number of hydrogen-bond acceptors (Lipinski definition) is 3. The lowest BCUT2D eigenvalue weighted by molar-refractivity contribution is -0.137. The van der Waals surface area contributed by atoms with E-state index in [-0.39, 0.29) is 11.8 Å². The molecule has 17 heavy (non-hydrogen) atoms. The van der Waals surface area contributed by atoms with Gasteiger partial charge < -0.3 is 15.5 Å². The predicted octanol–water partition coefficient (Wildman–Crippen LogP) is -0.277. The molecule has 0 aliphatic heterocycles. The van der Waals surface area contributed by atoms with Crippen molar-refractivity contribution in [2.24, 2.45) is 5.41 Å². The van der Waals surface area contributed by atoms with Crippen LogP contribution in [0.2, 0.25) is 0 Å². The van der Waals surface area contributed by atoms with E-state index in [4.69, 9.17) is 0 Å². The molecule has 2 aliphatic carbocycles. The van der Waals surface area contributed by atoms with Crippen molar-refractivity contribution in [3.8, 4) is 0 Å². The fourth-order valence-electron chi connectivity index (χ4n) is 1.80. The molecular weight excluding hydrogens is 218 g/mol. The number of hydrogen-bond donors (Lipinski definition) is 2. The summed E-state index contributed by atoms with van der Waals surface area (Å²) in [5.74, 6) is -0.167. The van der Waals surface area contributed by atoms with Gasteiger partial charge in [0.05, 0.1) is 0 Å². The van der Waals surface area contributed by atoms with E-state index in [1.54, 1.807) is 0 Å². The van der Waals surface area contributed by atoms with E-state index in [0.29, 0.717) is 25.4 Å². The highest BCUT2D eigenvalue weighted by atomic mass is 16.2. The second-order valence-corrected chi connectivity index (χ2v) is 5.39. The molecule has 96 valence electrons. The summed E-state index contributed by atoms with van der Waals surface area (Å²) < 4.78 is 0. The van der Waals surface area contributed by atoms with E-state index in [1.807, 2.05) is 19.0 Å². The molecule has 2 saturated carbocycles. The van der Waals surface area contributed by atoms with Gasteiger partial charge in [-0.2, -0.15) is 0 Å². The van der Waals surface area contributed by atoms with Gasteiger partial charge >= 0.3 is 0 Å². The lowest BCUT2D eigenvalue weighted by Crippen LogP contribution is -2.45. The van der Waals surface area contributed by atoms with Gasteiger partial charge in [0.2, 0.25) is 11.8 Å². The predicted molar refractivity (Wildman–Crippen MR) is 64.4 cm³/mol. The Bertz CT molecular complexity index is 320. The summed E-state index contributed by atoms with van der Waals surface area (Å²) in [5, 5.41) is 5.78. The minimum atomic E-state index is -0.741. The quantitative estimate of drug-likeness (QED) is 0.627. The van der Waals surface area contributed by atoms with E-state index < -0.39 is 5.41 Å². The van der Waals surface area contributed by atoms with Crippen molar-refractivity contribution in [1.82, 2.24) is 15.5 Å². The normalized spacial score (nSPS) is 21.1. The van der Waals surface area contributed by atoms with Gasteiger partial charge in [0.1, 0.15) is 5.41 Å². The highest BCUT2D eigenvalue weighted by molar-refractivity contribution is 6.08. The zero-order valence-electron chi connectivity index (χ0n) is 10.6. The summed E-state index contributed by atoms with van der Waals surface area (Å²) in [6.45, 7) is 1.40. The third-order valence-corrected chi connectivity index (χ3v) is 3.38. The van der Waals surface area contributed by atoms with Crippen LogP contribution in [0.25, 0.3) is 0 Å². The molecule has 5 heteroatoms. The van der Waals surface area contributed by atoms with Crippen LogP contribution in [0, 0.1) is 5.41 Å². The first kappa shape index (κ1) is 12.4. The summed E-state index contributed by atoms with van der Waals surface area (Å²) in [5.41, 5.74) is -0.741. The summed E-state index contributed by atoms with van der Waals surface area (Å²) in [6.07, 6.45) is 3.51. The third kappa shape index (κ3) is 2.97. The highest BCUT2D eigenvalue weighted by Crippen LogP contribution is 2.46. The first-order valence-corrected chi connectivity index (χ1v) is 6.28. The number of nitrogens with one attached hydrogen (secondary N) is 2. The number of likely N-dealkylation sites (N-methyl/N-ethyl adjacent to an activating group) is 1. The molecule has 2 fully saturated rings. The maximum atomic E-state index is 12.0. The van der Waals surface area contributed by atoms with Crippen molar-refractivity contribution >= 4 is 11.8 Å². The molecule has 0 atom stereocenters. The first-order valence-electron chi connectivity index (χ1n) is 6.28. The maximum Gasteiger partial charge on any atom is 0.235 e. The van der Waals surface area contributed by atoms with Crippen molar-refractivity contribution in [3.63, 3.8) is 0 Å². The zero-order valence-corrected chi connectivity index (χ0v) is 10.6. The Morgan fingerprint density at radius 1 is 1.24 bits per heavy atom. The standard InChI is InChI=1S/C12H21N3O2/c1-15(2)8-7-13-10(16)12(5-6-12)11(17)14-9-3-4-9/h9H,3-8H2,1-2H3,(H,13,16)(H,14,17). The fourth-order valence-corrected chi connectivity index (χ4v) is 1.80. The molecule has 0 aromatic carbocycles. The Hall–Kier alpha value is -1.10. The van der Waals surface area contributed by atoms with Gasteiger partial charge in [0.25, 0.3) is 0 Å². The fraction of sp³-hybridized carbons (Fsp3) is 0.833. The van der Waals surface area contributed by atoms with Crippen LogP contribution in [0.1, 0.15) is 25.7 Å². The van der Waals surface area contributed by atoms with Gasteiger partial charge in [-0.25, -0.2) is 0 Å². The number of amides is 2. The lowest BCUT2D eigenvalue weighted by atomic mass is 10.1. The first-order chi connectivity index (χ1) is 8.04. The van der Waals surface area contributed by atoms with Crippen molar-refractivity contribution in [2.45, 2.75) is 31.7 Å². The van der Waals surface area contributed by atoms with Gasteiger partial charge in [0.15, 0.2) is 0 Å². The summed E-state index contributed by atoms with van der Waals surface area (Å²) in [4.78, 5) is 25.9. The molecule has 0 saturated heterocycles. The summed E-state index contributed by atoms with van der Waals surface area (Å²) >= 11 is 0. The Labute approximate surface area is 102 Å². The molecule has 2 amide bonds. The number of carbonyl (C=O) groups excluding carboxylic acids is 2. The topological polar surface area (TPSA) is 61.4 Å². The Morgan fingerprint density at radius 3 is 2.35 bits per heavy atom. The second kappa shape index (κ2) is 4.64. The minimum Gasteiger partial charge on any atom is -0.354 e. The Balaban J connectivity index is 1.78. The largest absolute Gasteiger partial charge is 0.354 e. The van der Waals surface area contributed by atoms with E-state index in [0.717, 1.165) is 19.4 Å². The van der Waals surface area contributed by atoms with Crippen LogP contribution in [0.4, 0.5) is 0 Å².